The van der Waals surface area contributed by atoms with Crippen molar-refractivity contribution in [2.24, 2.45) is 0 Å². The van der Waals surface area contributed by atoms with Gasteiger partial charge in [-0.25, -0.2) is 18.4 Å². The van der Waals surface area contributed by atoms with Crippen molar-refractivity contribution in [1.82, 2.24) is 9.97 Å². The first-order chi connectivity index (χ1) is 14.4. The Morgan fingerprint density at radius 1 is 0.867 bits per heavy atom. The molecule has 2 heterocycles. The molecule has 0 saturated carbocycles. The van der Waals surface area contributed by atoms with E-state index in [4.69, 9.17) is 4.74 Å². The molecule has 0 atom stereocenters. The smallest absolute Gasteiger partial charge is 0.322 e. The van der Waals surface area contributed by atoms with E-state index in [9.17, 15) is 18.0 Å². The summed E-state index contributed by atoms with van der Waals surface area (Å²) in [6.45, 7) is 0. The van der Waals surface area contributed by atoms with Crippen molar-refractivity contribution in [2.75, 3.05) is 9.62 Å². The Morgan fingerprint density at radius 2 is 1.47 bits per heavy atom. The van der Waals surface area contributed by atoms with Crippen LogP contribution in [-0.4, -0.2) is 30.2 Å². The van der Waals surface area contributed by atoms with Crippen LogP contribution in [0.3, 0.4) is 0 Å². The second kappa shape index (κ2) is 7.91. The van der Waals surface area contributed by atoms with Crippen molar-refractivity contribution in [1.29, 1.82) is 0 Å². The predicted molar refractivity (Wildman–Crippen MR) is 108 cm³/mol. The molecule has 0 bridgehead atoms. The maximum atomic E-state index is 12.6. The van der Waals surface area contributed by atoms with E-state index in [0.29, 0.717) is 11.4 Å². The van der Waals surface area contributed by atoms with Gasteiger partial charge >= 0.3 is 6.01 Å². The van der Waals surface area contributed by atoms with Crippen LogP contribution >= 0.6 is 0 Å². The molecule has 2 amide bonds. The minimum Gasteiger partial charge on any atom is -0.424 e. The molecule has 1 aromatic heterocycles. The van der Waals surface area contributed by atoms with E-state index < -0.39 is 10.0 Å². The molecule has 0 aliphatic carbocycles. The summed E-state index contributed by atoms with van der Waals surface area (Å²) in [5.41, 5.74) is 0.497. The van der Waals surface area contributed by atoms with Crippen LogP contribution in [0.2, 0.25) is 0 Å². The zero-order chi connectivity index (χ0) is 21.1. The number of benzene rings is 2. The van der Waals surface area contributed by atoms with E-state index in [2.05, 4.69) is 14.7 Å². The Bertz CT molecular complexity index is 1160. The molecule has 1 fully saturated rings. The van der Waals surface area contributed by atoms with Gasteiger partial charge in [0, 0.05) is 12.8 Å². The van der Waals surface area contributed by atoms with Crippen molar-refractivity contribution < 1.29 is 22.7 Å². The maximum Gasteiger partial charge on any atom is 0.322 e. The molecular formula is C20H16N4O5S. The molecule has 1 aliphatic heterocycles. The number of amides is 2. The fourth-order valence-corrected chi connectivity index (χ4v) is 3.90. The van der Waals surface area contributed by atoms with E-state index in [1.165, 1.54) is 36.7 Å². The van der Waals surface area contributed by atoms with Gasteiger partial charge in [0.25, 0.3) is 10.0 Å². The molecule has 30 heavy (non-hydrogen) atoms. The van der Waals surface area contributed by atoms with Gasteiger partial charge in [0.1, 0.15) is 5.75 Å². The summed E-state index contributed by atoms with van der Waals surface area (Å²) < 4.78 is 33.0. The Kier molecular flexibility index (Phi) is 5.15. The van der Waals surface area contributed by atoms with Crippen molar-refractivity contribution >= 4 is 33.2 Å². The number of ether oxygens (including phenoxy) is 1. The van der Waals surface area contributed by atoms with Crippen molar-refractivity contribution in [3.8, 4) is 11.8 Å². The van der Waals surface area contributed by atoms with Crippen LogP contribution in [-0.2, 0) is 19.6 Å². The van der Waals surface area contributed by atoms with E-state index in [0.717, 1.165) is 4.90 Å². The highest BCUT2D eigenvalue weighted by atomic mass is 32.2. The van der Waals surface area contributed by atoms with Gasteiger partial charge in [-0.2, -0.15) is 0 Å². The Hall–Kier alpha value is -3.79. The summed E-state index contributed by atoms with van der Waals surface area (Å²) in [5, 5.41) is 0. The highest BCUT2D eigenvalue weighted by molar-refractivity contribution is 7.92. The summed E-state index contributed by atoms with van der Waals surface area (Å²) in [6, 6.07) is 14.5. The number of carbonyl (C=O) groups is 2. The molecule has 0 unspecified atom stereocenters. The van der Waals surface area contributed by atoms with E-state index >= 15 is 0 Å². The second-order valence-corrected chi connectivity index (χ2v) is 8.07. The van der Waals surface area contributed by atoms with Crippen molar-refractivity contribution in [3.05, 3.63) is 67.0 Å². The topological polar surface area (TPSA) is 119 Å². The minimum absolute atomic E-state index is 0.0324. The van der Waals surface area contributed by atoms with E-state index in [1.54, 1.807) is 24.3 Å². The first-order valence-electron chi connectivity index (χ1n) is 8.96. The number of nitrogens with one attached hydrogen (secondary N) is 1. The predicted octanol–water partition coefficient (Wildman–Crippen LogP) is 2.72. The third-order valence-corrected chi connectivity index (χ3v) is 5.69. The third-order valence-electron chi connectivity index (χ3n) is 4.29. The summed E-state index contributed by atoms with van der Waals surface area (Å²) >= 11 is 0. The molecule has 0 radical (unpaired) electrons. The number of sulfonamides is 1. The zero-order valence-electron chi connectivity index (χ0n) is 15.6. The van der Waals surface area contributed by atoms with Gasteiger partial charge in [-0.3, -0.25) is 19.2 Å². The number of hydrogen-bond acceptors (Lipinski definition) is 7. The van der Waals surface area contributed by atoms with E-state index in [-0.39, 0.29) is 41.2 Å². The lowest BCUT2D eigenvalue weighted by Gasteiger charge is -2.14. The number of imide groups is 1. The number of rotatable bonds is 6. The highest BCUT2D eigenvalue weighted by Crippen LogP contribution is 2.25. The lowest BCUT2D eigenvalue weighted by Crippen LogP contribution is -2.28. The highest BCUT2D eigenvalue weighted by Gasteiger charge is 2.30. The summed E-state index contributed by atoms with van der Waals surface area (Å²) in [5.74, 6) is -0.0479. The van der Waals surface area contributed by atoms with Gasteiger partial charge in [-0.15, -0.1) is 0 Å². The number of anilines is 2. The lowest BCUT2D eigenvalue weighted by molar-refractivity contribution is -0.121. The zero-order valence-corrected chi connectivity index (χ0v) is 16.4. The van der Waals surface area contributed by atoms with Crippen LogP contribution in [0, 0.1) is 0 Å². The quantitative estimate of drug-likeness (QED) is 0.604. The van der Waals surface area contributed by atoms with E-state index in [1.807, 2.05) is 6.07 Å². The summed E-state index contributed by atoms with van der Waals surface area (Å²) in [4.78, 5) is 32.6. The van der Waals surface area contributed by atoms with Gasteiger partial charge in [0.2, 0.25) is 11.8 Å². The number of nitrogens with zero attached hydrogens (tertiary/aromatic N) is 3. The number of hydrogen-bond donors (Lipinski definition) is 1. The van der Waals surface area contributed by atoms with Crippen LogP contribution in [0.1, 0.15) is 12.8 Å². The van der Waals surface area contributed by atoms with Crippen LogP contribution in [0.5, 0.6) is 11.8 Å². The number of para-hydroxylation sites is 1. The molecule has 4 rings (SSSR count). The second-order valence-electron chi connectivity index (χ2n) is 6.39. The van der Waals surface area contributed by atoms with Crippen molar-refractivity contribution in [3.63, 3.8) is 0 Å². The lowest BCUT2D eigenvalue weighted by atomic mass is 10.3. The Balaban J connectivity index is 1.46. The molecule has 152 valence electrons. The van der Waals surface area contributed by atoms with Gasteiger partial charge in [0.15, 0.2) is 0 Å². The minimum atomic E-state index is -3.91. The van der Waals surface area contributed by atoms with Crippen LogP contribution in [0.25, 0.3) is 0 Å². The first kappa shape index (κ1) is 19.5. The normalized spacial score (nSPS) is 14.1. The third kappa shape index (κ3) is 4.13. The van der Waals surface area contributed by atoms with Crippen LogP contribution in [0.15, 0.2) is 71.9 Å². The molecule has 2 aromatic carbocycles. The fraction of sp³-hybridized carbons (Fsp3) is 0.100. The van der Waals surface area contributed by atoms with Gasteiger partial charge in [-0.05, 0) is 36.4 Å². The maximum absolute atomic E-state index is 12.6. The largest absolute Gasteiger partial charge is 0.424 e. The summed E-state index contributed by atoms with van der Waals surface area (Å²) in [6.07, 6.45) is 2.90. The molecule has 1 aliphatic rings. The first-order valence-corrected chi connectivity index (χ1v) is 10.4. The molecule has 9 nitrogen and oxygen atoms in total. The van der Waals surface area contributed by atoms with Crippen molar-refractivity contribution in [2.45, 2.75) is 17.7 Å². The average Bonchev–Trinajstić information content (AvgIpc) is 3.08. The summed E-state index contributed by atoms with van der Waals surface area (Å²) in [7, 11) is -3.91. The standard InChI is InChI=1S/C20H16N4O5S/c25-18-10-11-19(26)24(18)15-6-8-17(9-7-15)30(27,28)23-14-12-21-20(22-13-14)29-16-4-2-1-3-5-16/h1-9,12-13,23H,10-11H2. The molecule has 1 saturated heterocycles. The van der Waals surface area contributed by atoms with Gasteiger partial charge < -0.3 is 4.74 Å². The van der Waals surface area contributed by atoms with Crippen LogP contribution in [0.4, 0.5) is 11.4 Å². The van der Waals surface area contributed by atoms with Gasteiger partial charge in [-0.1, -0.05) is 18.2 Å². The van der Waals surface area contributed by atoms with Gasteiger partial charge in [0.05, 0.1) is 28.7 Å². The molecule has 10 heteroatoms. The Labute approximate surface area is 172 Å². The molecule has 0 spiro atoms. The molecule has 3 aromatic rings. The number of aromatic nitrogens is 2. The SMILES string of the molecule is O=C1CCC(=O)N1c1ccc(S(=O)(=O)Nc2cnc(Oc3ccccc3)nc2)cc1. The fourth-order valence-electron chi connectivity index (χ4n) is 2.87. The molecular weight excluding hydrogens is 408 g/mol. The molecule has 1 N–H and O–H groups in total. The number of carbonyl (C=O) groups excluding carboxylic acids is 2. The average molecular weight is 424 g/mol. The monoisotopic (exact) mass is 424 g/mol. The Morgan fingerprint density at radius 3 is 2.07 bits per heavy atom. The van der Waals surface area contributed by atoms with Crippen LogP contribution < -0.4 is 14.4 Å².